The smallest absolute Gasteiger partial charge is 0.0543 e. The van der Waals surface area contributed by atoms with Gasteiger partial charge >= 0.3 is 0 Å². The van der Waals surface area contributed by atoms with Gasteiger partial charge in [-0.2, -0.15) is 0 Å². The van der Waals surface area contributed by atoms with Crippen molar-refractivity contribution in [2.24, 2.45) is 0 Å². The Bertz CT molecular complexity index is 2360. The molecular formula is C48H41N. The fourth-order valence-corrected chi connectivity index (χ4v) is 8.49. The molecule has 0 unspecified atom stereocenters. The van der Waals surface area contributed by atoms with Crippen molar-refractivity contribution in [2.75, 3.05) is 4.90 Å². The van der Waals surface area contributed by atoms with Crippen LogP contribution in [-0.4, -0.2) is 0 Å². The molecule has 49 heavy (non-hydrogen) atoms. The molecule has 0 radical (unpaired) electrons. The summed E-state index contributed by atoms with van der Waals surface area (Å²) in [5.41, 5.74) is 18.3. The number of aryl methyl sites for hydroxylation is 3. The molecule has 0 amide bonds. The van der Waals surface area contributed by atoms with Crippen molar-refractivity contribution in [2.45, 2.75) is 51.9 Å². The molecule has 0 N–H and O–H groups in total. The molecule has 0 heterocycles. The van der Waals surface area contributed by atoms with Gasteiger partial charge in [0.05, 0.1) is 5.69 Å². The van der Waals surface area contributed by atoms with E-state index in [1.54, 1.807) is 0 Å². The highest BCUT2D eigenvalue weighted by molar-refractivity contribution is 5.97. The highest BCUT2D eigenvalue weighted by atomic mass is 15.1. The van der Waals surface area contributed by atoms with Gasteiger partial charge in [0.25, 0.3) is 0 Å². The fraction of sp³-hybridized carbons (Fsp3) is 0.167. The van der Waals surface area contributed by atoms with E-state index in [1.165, 1.54) is 108 Å². The lowest BCUT2D eigenvalue weighted by Crippen LogP contribution is -2.18. The van der Waals surface area contributed by atoms with Crippen molar-refractivity contribution < 1.29 is 0 Å². The third-order valence-electron chi connectivity index (χ3n) is 11.1. The Labute approximate surface area is 290 Å². The van der Waals surface area contributed by atoms with Crippen molar-refractivity contribution in [3.8, 4) is 33.4 Å². The quantitative estimate of drug-likeness (QED) is 0.183. The van der Waals surface area contributed by atoms with Gasteiger partial charge < -0.3 is 4.90 Å². The molecule has 0 atom stereocenters. The van der Waals surface area contributed by atoms with E-state index in [0.717, 1.165) is 6.42 Å². The summed E-state index contributed by atoms with van der Waals surface area (Å²) in [5, 5.41) is 2.51. The number of hydrogen-bond acceptors (Lipinski definition) is 1. The second-order valence-electron chi connectivity index (χ2n) is 14.5. The predicted octanol–water partition coefficient (Wildman–Crippen LogP) is 13.1. The molecule has 7 aromatic rings. The highest BCUT2D eigenvalue weighted by Crippen LogP contribution is 2.54. The lowest BCUT2D eigenvalue weighted by molar-refractivity contribution is 0.660. The van der Waals surface area contributed by atoms with E-state index >= 15 is 0 Å². The number of anilines is 3. The summed E-state index contributed by atoms with van der Waals surface area (Å²) in [6, 6.07) is 54.6. The predicted molar refractivity (Wildman–Crippen MR) is 208 cm³/mol. The maximum absolute atomic E-state index is 2.57. The van der Waals surface area contributed by atoms with E-state index in [4.69, 9.17) is 0 Å². The topological polar surface area (TPSA) is 3.24 Å². The van der Waals surface area contributed by atoms with Gasteiger partial charge in [-0.1, -0.05) is 129 Å². The fourth-order valence-electron chi connectivity index (χ4n) is 8.49. The van der Waals surface area contributed by atoms with Gasteiger partial charge in [-0.3, -0.25) is 0 Å². The first-order valence-electron chi connectivity index (χ1n) is 17.8. The van der Waals surface area contributed by atoms with Gasteiger partial charge in [-0.25, -0.2) is 0 Å². The zero-order chi connectivity index (χ0) is 33.1. The number of benzene rings is 7. The van der Waals surface area contributed by atoms with E-state index in [1.807, 2.05) is 0 Å². The Hall–Kier alpha value is -5.40. The zero-order valence-electron chi connectivity index (χ0n) is 28.6. The van der Waals surface area contributed by atoms with Crippen LogP contribution < -0.4 is 4.90 Å². The number of hydrogen-bond donors (Lipinski definition) is 0. The monoisotopic (exact) mass is 631 g/mol. The minimum absolute atomic E-state index is 0.115. The van der Waals surface area contributed by atoms with Crippen molar-refractivity contribution in [3.05, 3.63) is 173 Å². The summed E-state index contributed by atoms with van der Waals surface area (Å²) in [6.07, 6.45) is 4.87. The SMILES string of the molecule is Cc1cc2c(cc1N(c1ccc3ccccc3c1)c1cc3c(cc1-c1ccc(-c4ccccc4)cc1)-c1ccccc1C3(C)C)CCCC2. The molecule has 0 bridgehead atoms. The normalized spacial score (nSPS) is 14.3. The summed E-state index contributed by atoms with van der Waals surface area (Å²) >= 11 is 0. The third-order valence-corrected chi connectivity index (χ3v) is 11.1. The Morgan fingerprint density at radius 2 is 1.12 bits per heavy atom. The molecule has 238 valence electrons. The maximum atomic E-state index is 2.57. The van der Waals surface area contributed by atoms with E-state index in [-0.39, 0.29) is 5.41 Å². The van der Waals surface area contributed by atoms with Gasteiger partial charge in [0.15, 0.2) is 0 Å². The van der Waals surface area contributed by atoms with Crippen LogP contribution in [0.25, 0.3) is 44.2 Å². The second-order valence-corrected chi connectivity index (χ2v) is 14.5. The summed E-state index contributed by atoms with van der Waals surface area (Å²) in [6.45, 7) is 7.08. The summed E-state index contributed by atoms with van der Waals surface area (Å²) < 4.78 is 0. The van der Waals surface area contributed by atoms with Crippen LogP contribution >= 0.6 is 0 Å². The first kappa shape index (κ1) is 29.7. The van der Waals surface area contributed by atoms with Crippen LogP contribution in [-0.2, 0) is 18.3 Å². The van der Waals surface area contributed by atoms with Gasteiger partial charge in [0.2, 0.25) is 0 Å². The molecule has 0 spiro atoms. The molecule has 0 fully saturated rings. The highest BCUT2D eigenvalue weighted by Gasteiger charge is 2.37. The molecule has 0 saturated carbocycles. The number of rotatable bonds is 5. The molecule has 0 saturated heterocycles. The van der Waals surface area contributed by atoms with Crippen LogP contribution in [0, 0.1) is 6.92 Å². The van der Waals surface area contributed by atoms with Crippen LogP contribution in [0.1, 0.15) is 54.5 Å². The molecule has 1 heteroatoms. The largest absolute Gasteiger partial charge is 0.310 e. The summed E-state index contributed by atoms with van der Waals surface area (Å²) in [7, 11) is 0. The molecular weight excluding hydrogens is 591 g/mol. The minimum atomic E-state index is -0.115. The van der Waals surface area contributed by atoms with Crippen LogP contribution in [0.4, 0.5) is 17.1 Å². The van der Waals surface area contributed by atoms with Crippen molar-refractivity contribution >= 4 is 27.8 Å². The average molecular weight is 632 g/mol. The van der Waals surface area contributed by atoms with Crippen molar-refractivity contribution in [3.63, 3.8) is 0 Å². The van der Waals surface area contributed by atoms with Gasteiger partial charge in [-0.15, -0.1) is 0 Å². The van der Waals surface area contributed by atoms with Crippen LogP contribution in [0.5, 0.6) is 0 Å². The zero-order valence-corrected chi connectivity index (χ0v) is 28.6. The first-order valence-corrected chi connectivity index (χ1v) is 17.8. The second kappa shape index (κ2) is 11.6. The van der Waals surface area contributed by atoms with Crippen molar-refractivity contribution in [1.82, 2.24) is 0 Å². The summed E-state index contributed by atoms with van der Waals surface area (Å²) in [4.78, 5) is 2.57. The minimum Gasteiger partial charge on any atom is -0.310 e. The molecule has 7 aromatic carbocycles. The molecule has 1 nitrogen and oxygen atoms in total. The standard InChI is InChI=1S/C48H41N/c1-32-27-37-16-9-10-18-39(37)29-46(32)49(40-26-25-34-15-7-8-17-38(34)28-40)47-31-45-43(41-19-11-12-20-44(41)48(45,2)3)30-42(47)36-23-21-35(22-24-36)33-13-5-4-6-14-33/h4-8,11-15,17,19-31H,9-10,16,18H2,1-3H3. The number of fused-ring (bicyclic) bond motifs is 5. The van der Waals surface area contributed by atoms with Crippen LogP contribution in [0.2, 0.25) is 0 Å². The average Bonchev–Trinajstić information content (AvgIpc) is 3.37. The Morgan fingerprint density at radius 3 is 1.92 bits per heavy atom. The first-order chi connectivity index (χ1) is 24.0. The number of nitrogens with zero attached hydrogens (tertiary/aromatic N) is 1. The molecule has 2 aliphatic carbocycles. The van der Waals surface area contributed by atoms with E-state index in [9.17, 15) is 0 Å². The lowest BCUT2D eigenvalue weighted by Gasteiger charge is -2.33. The Morgan fingerprint density at radius 1 is 0.469 bits per heavy atom. The lowest BCUT2D eigenvalue weighted by atomic mass is 9.81. The Kier molecular flexibility index (Phi) is 7.06. The maximum Gasteiger partial charge on any atom is 0.0543 e. The van der Waals surface area contributed by atoms with E-state index in [2.05, 4.69) is 171 Å². The third kappa shape index (κ3) is 4.99. The van der Waals surface area contributed by atoms with Crippen LogP contribution in [0.3, 0.4) is 0 Å². The van der Waals surface area contributed by atoms with Gasteiger partial charge in [-0.05, 0) is 129 Å². The summed E-state index contributed by atoms with van der Waals surface area (Å²) in [5.74, 6) is 0. The van der Waals surface area contributed by atoms with E-state index in [0.29, 0.717) is 0 Å². The van der Waals surface area contributed by atoms with Gasteiger partial charge in [0, 0.05) is 22.4 Å². The van der Waals surface area contributed by atoms with E-state index < -0.39 is 0 Å². The van der Waals surface area contributed by atoms with Gasteiger partial charge in [0.1, 0.15) is 0 Å². The Balaban J connectivity index is 1.33. The molecule has 0 aromatic heterocycles. The molecule has 9 rings (SSSR count). The van der Waals surface area contributed by atoms with Crippen LogP contribution in [0.15, 0.2) is 146 Å². The molecule has 0 aliphatic heterocycles. The molecule has 2 aliphatic rings. The van der Waals surface area contributed by atoms with Crippen molar-refractivity contribution in [1.29, 1.82) is 0 Å².